The number of carbonyl (C=O) groups excluding carboxylic acids is 1. The zero-order valence-electron chi connectivity index (χ0n) is 15.1. The molecular formula is C21H20N4O2. The molecule has 1 aliphatic heterocycles. The smallest absolute Gasteiger partial charge is 0.227 e. The number of fused-ring (bicyclic) bond motifs is 2. The third kappa shape index (κ3) is 2.87. The number of furan rings is 1. The summed E-state index contributed by atoms with van der Waals surface area (Å²) >= 11 is 0. The highest BCUT2D eigenvalue weighted by Crippen LogP contribution is 2.28. The molecule has 1 aromatic carbocycles. The summed E-state index contributed by atoms with van der Waals surface area (Å²) in [5.41, 5.74) is 7.25. The van der Waals surface area contributed by atoms with Gasteiger partial charge in [-0.2, -0.15) is 5.10 Å². The number of amides is 1. The standard InChI is InChI=1S/C21H20N4O2/c1-25-11-16-8-13(3-5-19(16)24-25)21(26)23-17-4-2-14-10-22-20(18(14)9-17)15-6-7-27-12-15/h2,4,6-7,9,11-13H,3,5,8,10H2,1H3,(H,23,26)/t13-/m1/s1. The van der Waals surface area contributed by atoms with Crippen LogP contribution >= 0.6 is 0 Å². The van der Waals surface area contributed by atoms with Crippen molar-refractivity contribution >= 4 is 17.3 Å². The average Bonchev–Trinajstić information content (AvgIpc) is 3.38. The highest BCUT2D eigenvalue weighted by Gasteiger charge is 2.27. The molecule has 27 heavy (non-hydrogen) atoms. The lowest BCUT2D eigenvalue weighted by Gasteiger charge is -2.20. The summed E-state index contributed by atoms with van der Waals surface area (Å²) in [6.45, 7) is 0.663. The normalized spacial score (nSPS) is 18.0. The first-order valence-corrected chi connectivity index (χ1v) is 9.20. The fraction of sp³-hybridized carbons (Fsp3) is 0.286. The van der Waals surface area contributed by atoms with Gasteiger partial charge >= 0.3 is 0 Å². The minimum Gasteiger partial charge on any atom is -0.472 e. The fourth-order valence-corrected chi connectivity index (χ4v) is 4.02. The van der Waals surface area contributed by atoms with Crippen LogP contribution in [0.3, 0.4) is 0 Å². The van der Waals surface area contributed by atoms with Crippen LogP contribution in [-0.4, -0.2) is 21.4 Å². The lowest BCUT2D eigenvalue weighted by Crippen LogP contribution is -2.28. The van der Waals surface area contributed by atoms with E-state index in [-0.39, 0.29) is 11.8 Å². The minimum atomic E-state index is -0.0167. The molecule has 1 amide bonds. The zero-order valence-corrected chi connectivity index (χ0v) is 15.1. The van der Waals surface area contributed by atoms with E-state index >= 15 is 0 Å². The average molecular weight is 360 g/mol. The van der Waals surface area contributed by atoms with Crippen LogP contribution in [-0.2, 0) is 31.2 Å². The van der Waals surface area contributed by atoms with Crippen LogP contribution in [0.2, 0.25) is 0 Å². The number of nitrogens with zero attached hydrogens (tertiary/aromatic N) is 3. The van der Waals surface area contributed by atoms with Gasteiger partial charge in [0, 0.05) is 36.0 Å². The maximum absolute atomic E-state index is 12.8. The van der Waals surface area contributed by atoms with Crippen LogP contribution < -0.4 is 5.32 Å². The van der Waals surface area contributed by atoms with Gasteiger partial charge in [0.15, 0.2) is 0 Å². The summed E-state index contributed by atoms with van der Waals surface area (Å²) in [5.74, 6) is 0.0567. The van der Waals surface area contributed by atoms with Crippen LogP contribution in [0.25, 0.3) is 0 Å². The minimum absolute atomic E-state index is 0.0167. The summed E-state index contributed by atoms with van der Waals surface area (Å²) in [6, 6.07) is 7.93. The predicted octanol–water partition coefficient (Wildman–Crippen LogP) is 3.11. The molecule has 5 rings (SSSR count). The molecule has 2 aliphatic rings. The number of rotatable bonds is 3. The number of aromatic nitrogens is 2. The molecule has 3 heterocycles. The number of hydrogen-bond acceptors (Lipinski definition) is 4. The monoisotopic (exact) mass is 360 g/mol. The van der Waals surface area contributed by atoms with E-state index in [1.165, 1.54) is 11.1 Å². The molecule has 0 spiro atoms. The highest BCUT2D eigenvalue weighted by atomic mass is 16.3. The van der Waals surface area contributed by atoms with Crippen molar-refractivity contribution in [3.63, 3.8) is 0 Å². The first-order valence-electron chi connectivity index (χ1n) is 9.20. The second-order valence-corrected chi connectivity index (χ2v) is 7.25. The molecule has 136 valence electrons. The lowest BCUT2D eigenvalue weighted by atomic mass is 9.87. The molecular weight excluding hydrogens is 340 g/mol. The van der Waals surface area contributed by atoms with Crippen molar-refractivity contribution in [2.24, 2.45) is 18.0 Å². The highest BCUT2D eigenvalue weighted by molar-refractivity contribution is 6.15. The maximum Gasteiger partial charge on any atom is 0.227 e. The van der Waals surface area contributed by atoms with E-state index in [4.69, 9.17) is 4.42 Å². The number of aryl methyl sites for hydroxylation is 2. The van der Waals surface area contributed by atoms with E-state index in [9.17, 15) is 4.79 Å². The lowest BCUT2D eigenvalue weighted by molar-refractivity contribution is -0.120. The molecule has 0 bridgehead atoms. The summed E-state index contributed by atoms with van der Waals surface area (Å²) < 4.78 is 7.02. The van der Waals surface area contributed by atoms with Gasteiger partial charge in [-0.05, 0) is 48.6 Å². The molecule has 0 saturated heterocycles. The maximum atomic E-state index is 12.8. The van der Waals surface area contributed by atoms with Crippen molar-refractivity contribution in [1.29, 1.82) is 0 Å². The van der Waals surface area contributed by atoms with Crippen LogP contribution in [0.5, 0.6) is 0 Å². The van der Waals surface area contributed by atoms with E-state index in [0.717, 1.165) is 47.5 Å². The summed E-state index contributed by atoms with van der Waals surface area (Å²) in [7, 11) is 1.93. The molecule has 0 fully saturated rings. The van der Waals surface area contributed by atoms with Gasteiger partial charge in [-0.15, -0.1) is 0 Å². The third-order valence-electron chi connectivity index (χ3n) is 5.39. The number of anilines is 1. The van der Waals surface area contributed by atoms with Gasteiger partial charge in [-0.1, -0.05) is 6.07 Å². The van der Waals surface area contributed by atoms with Gasteiger partial charge in [0.1, 0.15) is 0 Å². The molecule has 1 N–H and O–H groups in total. The van der Waals surface area contributed by atoms with Crippen LogP contribution in [0, 0.1) is 5.92 Å². The Bertz CT molecular complexity index is 1050. The zero-order chi connectivity index (χ0) is 18.4. The second-order valence-electron chi connectivity index (χ2n) is 7.25. The fourth-order valence-electron chi connectivity index (χ4n) is 4.02. The SMILES string of the molecule is Cn1cc2c(n1)CC[C@@H](C(=O)Nc1ccc3c(c1)C(c1ccoc1)=NC3)C2. The van der Waals surface area contributed by atoms with E-state index in [1.54, 1.807) is 12.5 Å². The summed E-state index contributed by atoms with van der Waals surface area (Å²) in [6.07, 6.45) is 7.82. The quantitative estimate of drug-likeness (QED) is 0.780. The number of benzene rings is 1. The Hall–Kier alpha value is -3.15. The molecule has 1 aliphatic carbocycles. The van der Waals surface area contributed by atoms with Crippen molar-refractivity contribution in [1.82, 2.24) is 9.78 Å². The van der Waals surface area contributed by atoms with Gasteiger partial charge in [0.2, 0.25) is 5.91 Å². The number of aliphatic imine (C=N–C) groups is 1. The molecule has 0 unspecified atom stereocenters. The van der Waals surface area contributed by atoms with Crippen LogP contribution in [0.15, 0.2) is 52.4 Å². The van der Waals surface area contributed by atoms with Crippen molar-refractivity contribution in [3.05, 3.63) is 70.9 Å². The second kappa shape index (κ2) is 6.23. The van der Waals surface area contributed by atoms with Gasteiger partial charge in [-0.25, -0.2) is 0 Å². The van der Waals surface area contributed by atoms with Crippen LogP contribution in [0.4, 0.5) is 5.69 Å². The molecule has 6 heteroatoms. The molecule has 1 atom stereocenters. The van der Waals surface area contributed by atoms with Gasteiger partial charge in [0.05, 0.1) is 30.5 Å². The van der Waals surface area contributed by atoms with Crippen molar-refractivity contribution < 1.29 is 9.21 Å². The van der Waals surface area contributed by atoms with Gasteiger partial charge in [0.25, 0.3) is 0 Å². The van der Waals surface area contributed by atoms with E-state index in [2.05, 4.69) is 15.4 Å². The Balaban J connectivity index is 1.34. The van der Waals surface area contributed by atoms with Crippen molar-refractivity contribution in [2.45, 2.75) is 25.8 Å². The van der Waals surface area contributed by atoms with E-state index in [1.807, 2.05) is 42.2 Å². The summed E-state index contributed by atoms with van der Waals surface area (Å²) in [4.78, 5) is 17.4. The van der Waals surface area contributed by atoms with Gasteiger partial charge in [-0.3, -0.25) is 14.5 Å². The Labute approximate surface area is 156 Å². The first kappa shape index (κ1) is 16.1. The van der Waals surface area contributed by atoms with Crippen LogP contribution in [0.1, 0.15) is 34.4 Å². The first-order chi connectivity index (χ1) is 13.2. The Morgan fingerprint density at radius 2 is 2.22 bits per heavy atom. The Morgan fingerprint density at radius 3 is 3.07 bits per heavy atom. The van der Waals surface area contributed by atoms with E-state index in [0.29, 0.717) is 6.54 Å². The Kier molecular flexibility index (Phi) is 3.70. The largest absolute Gasteiger partial charge is 0.472 e. The van der Waals surface area contributed by atoms with Gasteiger partial charge < -0.3 is 9.73 Å². The topological polar surface area (TPSA) is 72.4 Å². The number of hydrogen-bond donors (Lipinski definition) is 1. The summed E-state index contributed by atoms with van der Waals surface area (Å²) in [5, 5.41) is 7.57. The van der Waals surface area contributed by atoms with Crippen molar-refractivity contribution in [2.75, 3.05) is 5.32 Å². The number of nitrogens with one attached hydrogen (secondary N) is 1. The van der Waals surface area contributed by atoms with Crippen molar-refractivity contribution in [3.8, 4) is 0 Å². The molecule has 6 nitrogen and oxygen atoms in total. The van der Waals surface area contributed by atoms with E-state index < -0.39 is 0 Å². The third-order valence-corrected chi connectivity index (χ3v) is 5.39. The molecule has 0 radical (unpaired) electrons. The predicted molar refractivity (Wildman–Crippen MR) is 102 cm³/mol. The Morgan fingerprint density at radius 1 is 1.30 bits per heavy atom. The molecule has 2 aromatic heterocycles. The molecule has 3 aromatic rings. The number of carbonyl (C=O) groups is 1. The molecule has 0 saturated carbocycles.